The Morgan fingerprint density at radius 2 is 1.88 bits per heavy atom. The molecule has 16 heavy (non-hydrogen) atoms. The van der Waals surface area contributed by atoms with Gasteiger partial charge in [0.2, 0.25) is 0 Å². The molecule has 0 aliphatic heterocycles. The fraction of sp³-hybridized carbons (Fsp3) is 0. The van der Waals surface area contributed by atoms with Crippen molar-refractivity contribution >= 4 is 29.0 Å². The first-order valence-corrected chi connectivity index (χ1v) is 5.12. The molecule has 1 heterocycles. The van der Waals surface area contributed by atoms with Gasteiger partial charge in [0, 0.05) is 17.4 Å². The fourth-order valence-corrected chi connectivity index (χ4v) is 1.52. The van der Waals surface area contributed by atoms with Crippen LogP contribution in [-0.4, -0.2) is 9.97 Å². The predicted molar refractivity (Wildman–Crippen MR) is 63.0 cm³/mol. The Kier molecular flexibility index (Phi) is 3.12. The van der Waals surface area contributed by atoms with E-state index in [1.807, 2.05) is 0 Å². The normalized spacial score (nSPS) is 10.1. The first-order chi connectivity index (χ1) is 7.66. The van der Waals surface area contributed by atoms with Gasteiger partial charge in [-0.3, -0.25) is 0 Å². The van der Waals surface area contributed by atoms with Gasteiger partial charge in [-0.05, 0) is 18.2 Å². The monoisotopic (exact) mass is 255 g/mol. The molecular formula is C10H7Cl2N3O. The zero-order valence-corrected chi connectivity index (χ0v) is 9.53. The standard InChI is InChI=1S/C10H7Cl2N3O/c11-6-1-2-8(7(12)5-6)16-10-9(13)14-3-4-15-10/h1-5H,(H2,13,14). The second-order valence-corrected chi connectivity index (χ2v) is 3.77. The summed E-state index contributed by atoms with van der Waals surface area (Å²) < 4.78 is 5.41. The number of aromatic nitrogens is 2. The molecule has 0 saturated carbocycles. The molecule has 6 heteroatoms. The van der Waals surface area contributed by atoms with Crippen LogP contribution in [0.1, 0.15) is 0 Å². The van der Waals surface area contributed by atoms with Gasteiger partial charge < -0.3 is 10.5 Å². The van der Waals surface area contributed by atoms with Crippen molar-refractivity contribution in [2.45, 2.75) is 0 Å². The molecule has 0 saturated heterocycles. The molecule has 0 aliphatic rings. The molecule has 0 amide bonds. The molecular weight excluding hydrogens is 249 g/mol. The minimum Gasteiger partial charge on any atom is -0.434 e. The molecule has 0 radical (unpaired) electrons. The van der Waals surface area contributed by atoms with Crippen molar-refractivity contribution in [2.24, 2.45) is 0 Å². The van der Waals surface area contributed by atoms with Crippen molar-refractivity contribution in [2.75, 3.05) is 5.73 Å². The van der Waals surface area contributed by atoms with E-state index in [0.29, 0.717) is 15.8 Å². The van der Waals surface area contributed by atoms with Gasteiger partial charge in [0.25, 0.3) is 5.88 Å². The highest BCUT2D eigenvalue weighted by Gasteiger charge is 2.07. The first kappa shape index (κ1) is 11.0. The van der Waals surface area contributed by atoms with Gasteiger partial charge in [-0.15, -0.1) is 0 Å². The number of benzene rings is 1. The predicted octanol–water partition coefficient (Wildman–Crippen LogP) is 3.16. The second kappa shape index (κ2) is 4.55. The third-order valence-corrected chi connectivity index (χ3v) is 2.32. The lowest BCUT2D eigenvalue weighted by Crippen LogP contribution is -1.97. The number of ether oxygens (including phenoxy) is 1. The van der Waals surface area contributed by atoms with Gasteiger partial charge in [0.05, 0.1) is 5.02 Å². The van der Waals surface area contributed by atoms with Crippen LogP contribution < -0.4 is 10.5 Å². The van der Waals surface area contributed by atoms with Crippen LogP contribution in [-0.2, 0) is 0 Å². The summed E-state index contributed by atoms with van der Waals surface area (Å²) in [6, 6.07) is 4.87. The maximum Gasteiger partial charge on any atom is 0.262 e. The summed E-state index contributed by atoms with van der Waals surface area (Å²) in [4.78, 5) is 7.78. The quantitative estimate of drug-likeness (QED) is 0.896. The Hall–Kier alpha value is -1.52. The number of hydrogen-bond donors (Lipinski definition) is 1. The highest BCUT2D eigenvalue weighted by Crippen LogP contribution is 2.31. The molecule has 2 N–H and O–H groups in total. The Morgan fingerprint density at radius 1 is 1.12 bits per heavy atom. The van der Waals surface area contributed by atoms with Crippen molar-refractivity contribution in [1.29, 1.82) is 0 Å². The first-order valence-electron chi connectivity index (χ1n) is 4.36. The topological polar surface area (TPSA) is 61.0 Å². The molecule has 0 bridgehead atoms. The summed E-state index contributed by atoms with van der Waals surface area (Å²) in [6.45, 7) is 0. The number of rotatable bonds is 2. The van der Waals surface area contributed by atoms with Gasteiger partial charge >= 0.3 is 0 Å². The van der Waals surface area contributed by atoms with E-state index in [1.54, 1.807) is 18.2 Å². The molecule has 0 spiro atoms. The SMILES string of the molecule is Nc1nccnc1Oc1ccc(Cl)cc1Cl. The van der Waals surface area contributed by atoms with E-state index < -0.39 is 0 Å². The lowest BCUT2D eigenvalue weighted by molar-refractivity contribution is 0.463. The number of nitrogen functional groups attached to an aromatic ring is 1. The summed E-state index contributed by atoms with van der Waals surface area (Å²) in [7, 11) is 0. The highest BCUT2D eigenvalue weighted by atomic mass is 35.5. The largest absolute Gasteiger partial charge is 0.434 e. The van der Waals surface area contributed by atoms with Crippen LogP contribution in [0, 0.1) is 0 Å². The summed E-state index contributed by atoms with van der Waals surface area (Å²) in [5.74, 6) is 0.846. The maximum absolute atomic E-state index is 5.93. The third kappa shape index (κ3) is 2.35. The summed E-state index contributed by atoms with van der Waals surface area (Å²) >= 11 is 11.7. The van der Waals surface area contributed by atoms with Crippen LogP contribution >= 0.6 is 23.2 Å². The van der Waals surface area contributed by atoms with E-state index >= 15 is 0 Å². The van der Waals surface area contributed by atoms with Crippen LogP contribution in [0.2, 0.25) is 10.0 Å². The molecule has 0 atom stereocenters. The average molecular weight is 256 g/mol. The minimum atomic E-state index is 0.202. The molecule has 4 nitrogen and oxygen atoms in total. The Labute approximate surface area is 102 Å². The van der Waals surface area contributed by atoms with Crippen molar-refractivity contribution < 1.29 is 4.74 Å². The number of halogens is 2. The van der Waals surface area contributed by atoms with E-state index in [1.165, 1.54) is 12.4 Å². The Balaban J connectivity index is 2.31. The van der Waals surface area contributed by atoms with Gasteiger partial charge in [0.1, 0.15) is 5.75 Å². The molecule has 0 fully saturated rings. The van der Waals surface area contributed by atoms with E-state index in [4.69, 9.17) is 33.7 Å². The van der Waals surface area contributed by atoms with Crippen LogP contribution in [0.15, 0.2) is 30.6 Å². The number of anilines is 1. The Bertz CT molecular complexity index is 519. The van der Waals surface area contributed by atoms with Crippen molar-refractivity contribution in [3.63, 3.8) is 0 Å². The number of nitrogens with two attached hydrogens (primary N) is 1. The van der Waals surface area contributed by atoms with Gasteiger partial charge in [-0.25, -0.2) is 9.97 Å². The molecule has 2 rings (SSSR count). The van der Waals surface area contributed by atoms with E-state index in [-0.39, 0.29) is 11.7 Å². The van der Waals surface area contributed by atoms with Crippen molar-refractivity contribution in [3.05, 3.63) is 40.6 Å². The molecule has 82 valence electrons. The van der Waals surface area contributed by atoms with E-state index in [0.717, 1.165) is 0 Å². The number of nitrogens with zero attached hydrogens (tertiary/aromatic N) is 2. The highest BCUT2D eigenvalue weighted by molar-refractivity contribution is 6.35. The van der Waals surface area contributed by atoms with Crippen LogP contribution in [0.4, 0.5) is 5.82 Å². The maximum atomic E-state index is 5.93. The van der Waals surface area contributed by atoms with Crippen molar-refractivity contribution in [3.8, 4) is 11.6 Å². The lowest BCUT2D eigenvalue weighted by atomic mass is 10.3. The summed E-state index contributed by atoms with van der Waals surface area (Å²) in [5, 5.41) is 0.919. The lowest BCUT2D eigenvalue weighted by Gasteiger charge is -2.07. The van der Waals surface area contributed by atoms with Crippen LogP contribution in [0.3, 0.4) is 0 Å². The number of hydrogen-bond acceptors (Lipinski definition) is 4. The fourth-order valence-electron chi connectivity index (χ4n) is 1.08. The van der Waals surface area contributed by atoms with Gasteiger partial charge in [-0.1, -0.05) is 23.2 Å². The van der Waals surface area contributed by atoms with E-state index in [9.17, 15) is 0 Å². The molecule has 2 aromatic rings. The molecule has 1 aromatic heterocycles. The molecule has 0 unspecified atom stereocenters. The summed E-state index contributed by atoms with van der Waals surface area (Å²) in [6.07, 6.45) is 2.96. The zero-order valence-electron chi connectivity index (χ0n) is 8.02. The molecule has 1 aromatic carbocycles. The minimum absolute atomic E-state index is 0.202. The van der Waals surface area contributed by atoms with Crippen molar-refractivity contribution in [1.82, 2.24) is 9.97 Å². The second-order valence-electron chi connectivity index (χ2n) is 2.92. The molecule has 0 aliphatic carbocycles. The van der Waals surface area contributed by atoms with Crippen LogP contribution in [0.25, 0.3) is 0 Å². The average Bonchev–Trinajstić information content (AvgIpc) is 2.25. The summed E-state index contributed by atoms with van der Waals surface area (Å²) in [5.41, 5.74) is 5.58. The Morgan fingerprint density at radius 3 is 2.56 bits per heavy atom. The van der Waals surface area contributed by atoms with Gasteiger partial charge in [0.15, 0.2) is 5.82 Å². The van der Waals surface area contributed by atoms with E-state index in [2.05, 4.69) is 9.97 Å². The third-order valence-electron chi connectivity index (χ3n) is 1.79. The van der Waals surface area contributed by atoms with Crippen LogP contribution in [0.5, 0.6) is 11.6 Å². The zero-order chi connectivity index (χ0) is 11.5. The van der Waals surface area contributed by atoms with Gasteiger partial charge in [-0.2, -0.15) is 0 Å². The smallest absolute Gasteiger partial charge is 0.262 e.